The van der Waals surface area contributed by atoms with Gasteiger partial charge in [0, 0.05) is 27.7 Å². The Labute approximate surface area is 194 Å². The second-order valence-electron chi connectivity index (χ2n) is 9.10. The second kappa shape index (κ2) is 7.53. The van der Waals surface area contributed by atoms with Gasteiger partial charge in [0.1, 0.15) is 0 Å². The Morgan fingerprint density at radius 1 is 0.515 bits per heavy atom. The van der Waals surface area contributed by atoms with E-state index in [1.54, 1.807) is 0 Å². The molecule has 33 heavy (non-hydrogen) atoms. The Morgan fingerprint density at radius 2 is 1.09 bits per heavy atom. The molecule has 0 bridgehead atoms. The zero-order valence-electron chi connectivity index (χ0n) is 18.8. The van der Waals surface area contributed by atoms with Crippen molar-refractivity contribution >= 4 is 0 Å². The molecule has 5 aromatic rings. The van der Waals surface area contributed by atoms with Crippen LogP contribution in [0.25, 0.3) is 45.0 Å². The third kappa shape index (κ3) is 3.18. The van der Waals surface area contributed by atoms with Crippen molar-refractivity contribution in [2.75, 3.05) is 0 Å². The number of benzene rings is 4. The van der Waals surface area contributed by atoms with Crippen LogP contribution in [0, 0.1) is 0 Å². The first-order valence-corrected chi connectivity index (χ1v) is 11.4. The van der Waals surface area contributed by atoms with Crippen molar-refractivity contribution in [3.63, 3.8) is 0 Å². The van der Waals surface area contributed by atoms with Crippen molar-refractivity contribution in [2.24, 2.45) is 0 Å². The van der Waals surface area contributed by atoms with E-state index >= 15 is 0 Å². The Bertz CT molecular complexity index is 1470. The molecule has 158 valence electrons. The Kier molecular flexibility index (Phi) is 4.48. The first-order valence-electron chi connectivity index (χ1n) is 11.4. The second-order valence-corrected chi connectivity index (χ2v) is 9.10. The van der Waals surface area contributed by atoms with Crippen LogP contribution >= 0.6 is 0 Å². The summed E-state index contributed by atoms with van der Waals surface area (Å²) in [6.45, 7) is 4.56. The molecule has 2 nitrogen and oxygen atoms in total. The van der Waals surface area contributed by atoms with Gasteiger partial charge < -0.3 is 0 Å². The minimum Gasteiger partial charge on any atom is -0.228 e. The van der Waals surface area contributed by atoms with Crippen LogP contribution in [0.4, 0.5) is 0 Å². The summed E-state index contributed by atoms with van der Waals surface area (Å²) >= 11 is 0. The molecule has 2 heteroatoms. The summed E-state index contributed by atoms with van der Waals surface area (Å²) in [5, 5.41) is 0. The summed E-state index contributed by atoms with van der Waals surface area (Å²) in [4.78, 5) is 10.4. The van der Waals surface area contributed by atoms with Crippen LogP contribution in [-0.4, -0.2) is 9.97 Å². The summed E-state index contributed by atoms with van der Waals surface area (Å²) < 4.78 is 0. The van der Waals surface area contributed by atoms with E-state index in [0.29, 0.717) is 0 Å². The summed E-state index contributed by atoms with van der Waals surface area (Å²) in [7, 11) is 0. The predicted molar refractivity (Wildman–Crippen MR) is 136 cm³/mol. The van der Waals surface area contributed by atoms with Gasteiger partial charge in [-0.2, -0.15) is 0 Å². The van der Waals surface area contributed by atoms with Gasteiger partial charge in [0.15, 0.2) is 5.82 Å². The molecule has 0 saturated carbocycles. The number of hydrogen-bond acceptors (Lipinski definition) is 2. The number of aromatic nitrogens is 2. The first-order chi connectivity index (χ1) is 16.1. The highest BCUT2D eigenvalue weighted by atomic mass is 14.9. The Hall–Kier alpha value is -4.04. The maximum absolute atomic E-state index is 5.19. The van der Waals surface area contributed by atoms with Crippen LogP contribution in [0.2, 0.25) is 0 Å². The number of hydrogen-bond donors (Lipinski definition) is 0. The van der Waals surface area contributed by atoms with Crippen LogP contribution in [0.3, 0.4) is 0 Å². The van der Waals surface area contributed by atoms with Crippen LogP contribution < -0.4 is 0 Å². The molecule has 1 heterocycles. The van der Waals surface area contributed by atoms with E-state index in [4.69, 9.17) is 9.97 Å². The number of rotatable bonds is 3. The van der Waals surface area contributed by atoms with Gasteiger partial charge in [-0.05, 0) is 22.8 Å². The van der Waals surface area contributed by atoms with Gasteiger partial charge >= 0.3 is 0 Å². The number of nitrogens with zero attached hydrogens (tertiary/aromatic N) is 2. The fourth-order valence-electron chi connectivity index (χ4n) is 5.02. The minimum absolute atomic E-state index is 0.165. The average molecular weight is 425 g/mol. The molecule has 0 unspecified atom stereocenters. The lowest BCUT2D eigenvalue weighted by Gasteiger charge is -2.23. The van der Waals surface area contributed by atoms with E-state index in [1.807, 2.05) is 6.07 Å². The fourth-order valence-corrected chi connectivity index (χ4v) is 5.02. The van der Waals surface area contributed by atoms with Crippen LogP contribution in [0.5, 0.6) is 0 Å². The van der Waals surface area contributed by atoms with Gasteiger partial charge in [0.05, 0.1) is 11.4 Å². The average Bonchev–Trinajstić information content (AvgIpc) is 3.12. The van der Waals surface area contributed by atoms with E-state index in [2.05, 4.69) is 117 Å². The third-order valence-corrected chi connectivity index (χ3v) is 6.66. The molecule has 0 saturated heterocycles. The summed E-state index contributed by atoms with van der Waals surface area (Å²) in [6, 6.07) is 38.1. The van der Waals surface area contributed by atoms with Crippen molar-refractivity contribution < 1.29 is 0 Å². The predicted octanol–water partition coefficient (Wildman–Crippen LogP) is 7.78. The molecule has 1 aromatic heterocycles. The van der Waals surface area contributed by atoms with Gasteiger partial charge in [-0.25, -0.2) is 9.97 Å². The van der Waals surface area contributed by atoms with Crippen LogP contribution in [0.15, 0.2) is 109 Å². The first kappa shape index (κ1) is 19.6. The topological polar surface area (TPSA) is 25.8 Å². The lowest BCUT2D eigenvalue weighted by atomic mass is 9.81. The SMILES string of the molecule is CC1(C)c2ccccc2-c2nc(-c3cccc(-c4ccccc4)c3)nc(-c3ccccc3)c21. The van der Waals surface area contributed by atoms with Crippen molar-refractivity contribution in [3.8, 4) is 45.0 Å². The largest absolute Gasteiger partial charge is 0.228 e. The molecule has 0 fully saturated rings. The van der Waals surface area contributed by atoms with Gasteiger partial charge in [0.2, 0.25) is 0 Å². The molecule has 0 N–H and O–H groups in total. The van der Waals surface area contributed by atoms with Gasteiger partial charge in [0.25, 0.3) is 0 Å². The van der Waals surface area contributed by atoms with E-state index in [-0.39, 0.29) is 5.41 Å². The summed E-state index contributed by atoms with van der Waals surface area (Å²) in [5.41, 5.74) is 10.1. The molecule has 0 atom stereocenters. The molecule has 0 amide bonds. The molecule has 4 aromatic carbocycles. The third-order valence-electron chi connectivity index (χ3n) is 6.66. The Morgan fingerprint density at radius 3 is 1.85 bits per heavy atom. The highest BCUT2D eigenvalue weighted by Crippen LogP contribution is 2.51. The molecule has 0 spiro atoms. The lowest BCUT2D eigenvalue weighted by Crippen LogP contribution is -2.17. The molecular formula is C31H24N2. The summed E-state index contributed by atoms with van der Waals surface area (Å²) in [5.74, 6) is 0.762. The molecule has 0 aliphatic heterocycles. The highest BCUT2D eigenvalue weighted by Gasteiger charge is 2.39. The van der Waals surface area contributed by atoms with Crippen molar-refractivity contribution in [1.29, 1.82) is 0 Å². The minimum atomic E-state index is -0.165. The van der Waals surface area contributed by atoms with Gasteiger partial charge in [-0.15, -0.1) is 0 Å². The molecule has 0 radical (unpaired) electrons. The smallest absolute Gasteiger partial charge is 0.160 e. The van der Waals surface area contributed by atoms with E-state index in [1.165, 1.54) is 27.8 Å². The number of fused-ring (bicyclic) bond motifs is 3. The highest BCUT2D eigenvalue weighted by molar-refractivity contribution is 5.86. The van der Waals surface area contributed by atoms with Crippen LogP contribution in [-0.2, 0) is 5.41 Å². The maximum atomic E-state index is 5.19. The normalized spacial score (nSPS) is 13.4. The lowest BCUT2D eigenvalue weighted by molar-refractivity contribution is 0.658. The van der Waals surface area contributed by atoms with Gasteiger partial charge in [-0.3, -0.25) is 0 Å². The molecule has 1 aliphatic carbocycles. The summed E-state index contributed by atoms with van der Waals surface area (Å²) in [6.07, 6.45) is 0. The van der Waals surface area contributed by atoms with E-state index in [9.17, 15) is 0 Å². The monoisotopic (exact) mass is 424 g/mol. The van der Waals surface area contributed by atoms with Crippen molar-refractivity contribution in [3.05, 3.63) is 120 Å². The van der Waals surface area contributed by atoms with E-state index < -0.39 is 0 Å². The van der Waals surface area contributed by atoms with Crippen molar-refractivity contribution in [2.45, 2.75) is 19.3 Å². The zero-order chi connectivity index (χ0) is 22.4. The Balaban J connectivity index is 1.61. The molecule has 6 rings (SSSR count). The molecule has 1 aliphatic rings. The zero-order valence-corrected chi connectivity index (χ0v) is 18.8. The van der Waals surface area contributed by atoms with Gasteiger partial charge in [-0.1, -0.05) is 117 Å². The standard InChI is InChI=1S/C31H24N2/c1-31(2)26-19-10-9-18-25(26)29-27(31)28(22-14-7-4-8-15-22)32-30(33-29)24-17-11-16-23(20-24)21-12-5-3-6-13-21/h3-20H,1-2H3. The van der Waals surface area contributed by atoms with Crippen LogP contribution in [0.1, 0.15) is 25.0 Å². The maximum Gasteiger partial charge on any atom is 0.160 e. The quantitative estimate of drug-likeness (QED) is 0.295. The fraction of sp³-hybridized carbons (Fsp3) is 0.0968. The van der Waals surface area contributed by atoms with E-state index in [0.717, 1.165) is 28.3 Å². The van der Waals surface area contributed by atoms with Crippen molar-refractivity contribution in [1.82, 2.24) is 9.97 Å². The molecular weight excluding hydrogens is 400 g/mol.